The Kier molecular flexibility index (Phi) is 5.61. The third kappa shape index (κ3) is 4.70. The number of amides is 1. The van der Waals surface area contributed by atoms with E-state index in [1.165, 1.54) is 29.8 Å². The molecule has 0 fully saturated rings. The van der Waals surface area contributed by atoms with Gasteiger partial charge in [-0.3, -0.25) is 9.59 Å². The lowest BCUT2D eigenvalue weighted by Crippen LogP contribution is -2.22. The normalized spacial score (nSPS) is 11.8. The van der Waals surface area contributed by atoms with Gasteiger partial charge in [-0.25, -0.2) is 0 Å². The first-order valence-corrected chi connectivity index (χ1v) is 8.40. The second kappa shape index (κ2) is 7.47. The Hall–Kier alpha value is -2.07. The zero-order chi connectivity index (χ0) is 17.0. The highest BCUT2D eigenvalue weighted by Gasteiger charge is 2.16. The van der Waals surface area contributed by atoms with Crippen LogP contribution in [-0.4, -0.2) is 16.9 Å². The molecule has 1 atom stereocenters. The van der Waals surface area contributed by atoms with E-state index in [1.54, 1.807) is 24.3 Å². The van der Waals surface area contributed by atoms with Crippen LogP contribution in [0.15, 0.2) is 47.4 Å². The number of thioether (sulfide) groups is 1. The van der Waals surface area contributed by atoms with Crippen LogP contribution >= 0.6 is 11.8 Å². The summed E-state index contributed by atoms with van der Waals surface area (Å²) >= 11 is 1.54. The molecule has 1 N–H and O–H groups in total. The van der Waals surface area contributed by atoms with E-state index >= 15 is 0 Å². The number of anilines is 1. The summed E-state index contributed by atoms with van der Waals surface area (Å²) in [5, 5.41) is 2.65. The predicted molar refractivity (Wildman–Crippen MR) is 96.3 cm³/mol. The number of carbonyl (C=O) groups excluding carboxylic acids is 2. The van der Waals surface area contributed by atoms with Gasteiger partial charge in [0, 0.05) is 16.1 Å². The van der Waals surface area contributed by atoms with E-state index in [1.807, 2.05) is 6.92 Å². The van der Waals surface area contributed by atoms with E-state index in [0.717, 1.165) is 4.90 Å². The average Bonchev–Trinajstić information content (AvgIpc) is 2.50. The minimum atomic E-state index is -0.225. The summed E-state index contributed by atoms with van der Waals surface area (Å²) in [7, 11) is 0. The van der Waals surface area contributed by atoms with Crippen molar-refractivity contribution in [1.29, 1.82) is 0 Å². The Morgan fingerprint density at radius 3 is 2.48 bits per heavy atom. The van der Waals surface area contributed by atoms with Crippen molar-refractivity contribution >= 4 is 29.1 Å². The quantitative estimate of drug-likeness (QED) is 0.643. The van der Waals surface area contributed by atoms with Crippen molar-refractivity contribution in [1.82, 2.24) is 0 Å². The van der Waals surface area contributed by atoms with Gasteiger partial charge in [0.15, 0.2) is 5.78 Å². The fourth-order valence-corrected chi connectivity index (χ4v) is 3.17. The maximum Gasteiger partial charge on any atom is 0.237 e. The molecule has 1 amide bonds. The fourth-order valence-electron chi connectivity index (χ4n) is 2.24. The summed E-state index contributed by atoms with van der Waals surface area (Å²) < 4.78 is 0. The lowest BCUT2D eigenvalue weighted by molar-refractivity contribution is -0.115. The molecule has 0 radical (unpaired) electrons. The number of rotatable bonds is 5. The Balaban J connectivity index is 2.05. The van der Waals surface area contributed by atoms with E-state index in [0.29, 0.717) is 11.3 Å². The van der Waals surface area contributed by atoms with E-state index in [2.05, 4.69) is 37.4 Å². The molecule has 3 nitrogen and oxygen atoms in total. The highest BCUT2D eigenvalue weighted by Crippen LogP contribution is 2.28. The number of benzene rings is 2. The van der Waals surface area contributed by atoms with Crippen LogP contribution in [0.2, 0.25) is 0 Å². The maximum absolute atomic E-state index is 12.4. The highest BCUT2D eigenvalue weighted by molar-refractivity contribution is 8.00. The lowest BCUT2D eigenvalue weighted by Gasteiger charge is -2.14. The largest absolute Gasteiger partial charge is 0.325 e. The monoisotopic (exact) mass is 327 g/mol. The van der Waals surface area contributed by atoms with Crippen molar-refractivity contribution in [3.05, 3.63) is 59.2 Å². The summed E-state index contributed by atoms with van der Waals surface area (Å²) in [6, 6.07) is 13.2. The number of nitrogens with one attached hydrogen (secondary N) is 1. The molecular formula is C19H21NO2S. The fraction of sp³-hybridized carbons (Fsp3) is 0.263. The van der Waals surface area contributed by atoms with Gasteiger partial charge in [-0.2, -0.15) is 0 Å². The van der Waals surface area contributed by atoms with Crippen molar-refractivity contribution in [2.24, 2.45) is 0 Å². The zero-order valence-corrected chi connectivity index (χ0v) is 14.7. The number of ketones is 1. The van der Waals surface area contributed by atoms with E-state index in [9.17, 15) is 9.59 Å². The number of carbonyl (C=O) groups is 2. The molecule has 2 rings (SSSR count). The molecule has 0 aliphatic carbocycles. The van der Waals surface area contributed by atoms with Crippen LogP contribution in [0.4, 0.5) is 5.69 Å². The highest BCUT2D eigenvalue weighted by atomic mass is 32.2. The van der Waals surface area contributed by atoms with Crippen molar-refractivity contribution < 1.29 is 9.59 Å². The molecular weight excluding hydrogens is 306 g/mol. The van der Waals surface area contributed by atoms with Crippen molar-refractivity contribution in [2.75, 3.05) is 5.32 Å². The molecule has 0 aliphatic rings. The summed E-state index contributed by atoms with van der Waals surface area (Å²) in [5.74, 6) is -0.0884. The van der Waals surface area contributed by atoms with Gasteiger partial charge >= 0.3 is 0 Å². The van der Waals surface area contributed by atoms with Gasteiger partial charge in [0.1, 0.15) is 0 Å². The van der Waals surface area contributed by atoms with E-state index in [-0.39, 0.29) is 16.9 Å². The van der Waals surface area contributed by atoms with Gasteiger partial charge in [0.25, 0.3) is 0 Å². The molecule has 2 aromatic carbocycles. The van der Waals surface area contributed by atoms with Crippen molar-refractivity contribution in [3.63, 3.8) is 0 Å². The molecule has 0 unspecified atom stereocenters. The second-order valence-corrected chi connectivity index (χ2v) is 7.04. The molecule has 2 aromatic rings. The molecule has 0 saturated heterocycles. The Labute approximate surface area is 141 Å². The molecule has 23 heavy (non-hydrogen) atoms. The van der Waals surface area contributed by atoms with Crippen molar-refractivity contribution in [3.8, 4) is 0 Å². The third-order valence-corrected chi connectivity index (χ3v) is 4.82. The van der Waals surface area contributed by atoms with Crippen LogP contribution in [0, 0.1) is 13.8 Å². The third-order valence-electron chi connectivity index (χ3n) is 3.54. The lowest BCUT2D eigenvalue weighted by atomic mass is 10.1. The zero-order valence-electron chi connectivity index (χ0n) is 13.8. The molecule has 0 aromatic heterocycles. The number of hydrogen-bond acceptors (Lipinski definition) is 3. The SMILES string of the molecule is CC(=O)c1cccc(NC(=O)[C@H](C)Sc2ccc(C)cc2C)c1. The Bertz CT molecular complexity index is 740. The van der Waals surface area contributed by atoms with E-state index < -0.39 is 0 Å². The van der Waals surface area contributed by atoms with Gasteiger partial charge < -0.3 is 5.32 Å². The molecule has 120 valence electrons. The van der Waals surface area contributed by atoms with Crippen LogP contribution in [0.25, 0.3) is 0 Å². The van der Waals surface area contributed by atoms with Gasteiger partial charge in [-0.05, 0) is 51.5 Å². The molecule has 0 bridgehead atoms. The predicted octanol–water partition coefficient (Wildman–Crippen LogP) is 4.63. The number of aryl methyl sites for hydroxylation is 2. The number of hydrogen-bond donors (Lipinski definition) is 1. The second-order valence-electron chi connectivity index (χ2n) is 5.66. The molecule has 0 heterocycles. The topological polar surface area (TPSA) is 46.2 Å². The Morgan fingerprint density at radius 1 is 1.09 bits per heavy atom. The summed E-state index contributed by atoms with van der Waals surface area (Å²) in [6.45, 7) is 7.50. The minimum absolute atomic E-state index is 0.0150. The Morgan fingerprint density at radius 2 is 1.83 bits per heavy atom. The van der Waals surface area contributed by atoms with Crippen LogP contribution in [0.1, 0.15) is 35.3 Å². The molecule has 0 aliphatic heterocycles. The van der Waals surface area contributed by atoms with E-state index in [4.69, 9.17) is 0 Å². The van der Waals surface area contributed by atoms with Gasteiger partial charge in [0.2, 0.25) is 5.91 Å². The van der Waals surface area contributed by atoms with Crippen LogP contribution in [0.3, 0.4) is 0 Å². The van der Waals surface area contributed by atoms with Crippen LogP contribution < -0.4 is 5.32 Å². The molecule has 0 spiro atoms. The summed E-state index contributed by atoms with van der Waals surface area (Å²) in [4.78, 5) is 24.9. The average molecular weight is 327 g/mol. The van der Waals surface area contributed by atoms with Crippen molar-refractivity contribution in [2.45, 2.75) is 37.8 Å². The van der Waals surface area contributed by atoms with Crippen LogP contribution in [-0.2, 0) is 4.79 Å². The summed E-state index contributed by atoms with van der Waals surface area (Å²) in [5.41, 5.74) is 3.63. The van der Waals surface area contributed by atoms with Gasteiger partial charge in [-0.1, -0.05) is 29.8 Å². The first-order chi connectivity index (χ1) is 10.9. The summed E-state index contributed by atoms with van der Waals surface area (Å²) in [6.07, 6.45) is 0. The van der Waals surface area contributed by atoms with Crippen LogP contribution in [0.5, 0.6) is 0 Å². The first kappa shape index (κ1) is 17.3. The molecule has 0 saturated carbocycles. The maximum atomic E-state index is 12.4. The first-order valence-electron chi connectivity index (χ1n) is 7.52. The number of Topliss-reactive ketones (excluding diaryl/α,β-unsaturated/α-hetero) is 1. The molecule has 4 heteroatoms. The van der Waals surface area contributed by atoms with Gasteiger partial charge in [0.05, 0.1) is 5.25 Å². The standard InChI is InChI=1S/C19H21NO2S/c1-12-8-9-18(13(2)10-12)23-15(4)19(22)20-17-7-5-6-16(11-17)14(3)21/h5-11,15H,1-4H3,(H,20,22)/t15-/m0/s1. The smallest absolute Gasteiger partial charge is 0.237 e. The van der Waals surface area contributed by atoms with Gasteiger partial charge in [-0.15, -0.1) is 11.8 Å². The minimum Gasteiger partial charge on any atom is -0.325 e.